The number of ether oxygens (including phenoxy) is 2. The summed E-state index contributed by atoms with van der Waals surface area (Å²) < 4.78 is 11.0. The van der Waals surface area contributed by atoms with Gasteiger partial charge in [-0.3, -0.25) is 0 Å². The number of para-hydroxylation sites is 1. The summed E-state index contributed by atoms with van der Waals surface area (Å²) in [7, 11) is 1.75. The first kappa shape index (κ1) is 9.22. The second kappa shape index (κ2) is 3.24. The summed E-state index contributed by atoms with van der Waals surface area (Å²) in [4.78, 5) is 0. The molecule has 1 heterocycles. The molecule has 0 spiro atoms. The van der Waals surface area contributed by atoms with E-state index in [1.165, 1.54) is 24.8 Å². The Hall–Kier alpha value is -1.02. The van der Waals surface area contributed by atoms with Crippen molar-refractivity contribution in [3.63, 3.8) is 0 Å². The van der Waals surface area contributed by atoms with Crippen molar-refractivity contribution in [2.45, 2.75) is 30.8 Å². The molecule has 0 aromatic heterocycles. The van der Waals surface area contributed by atoms with Crippen LogP contribution < -0.4 is 4.74 Å². The molecule has 1 aromatic carbocycles. The Kier molecular flexibility index (Phi) is 1.99. The molecule has 1 atom stereocenters. The Morgan fingerprint density at radius 3 is 2.60 bits per heavy atom. The third kappa shape index (κ3) is 1.28. The maximum absolute atomic E-state index is 5.51. The van der Waals surface area contributed by atoms with Crippen molar-refractivity contribution < 1.29 is 9.47 Å². The molecule has 2 nitrogen and oxygen atoms in total. The lowest BCUT2D eigenvalue weighted by molar-refractivity contribution is 0.172. The monoisotopic (exact) mass is 204 g/mol. The number of epoxide rings is 1. The van der Waals surface area contributed by atoms with Gasteiger partial charge in [0.1, 0.15) is 5.75 Å². The standard InChI is InChI=1S/C13H16O2/c1-14-11-6-3-2-5-10(11)13(7-4-8-13)12-9-15-12/h2-3,5-6,12H,4,7-9H2,1H3/t12-/m0/s1. The van der Waals surface area contributed by atoms with Crippen molar-refractivity contribution in [3.05, 3.63) is 29.8 Å². The van der Waals surface area contributed by atoms with Gasteiger partial charge in [-0.25, -0.2) is 0 Å². The maximum atomic E-state index is 5.51. The average molecular weight is 204 g/mol. The largest absolute Gasteiger partial charge is 0.496 e. The third-order valence-electron chi connectivity index (χ3n) is 3.84. The predicted octanol–water partition coefficient (Wildman–Crippen LogP) is 2.52. The summed E-state index contributed by atoms with van der Waals surface area (Å²) >= 11 is 0. The molecule has 2 fully saturated rings. The van der Waals surface area contributed by atoms with E-state index in [0.717, 1.165) is 12.4 Å². The van der Waals surface area contributed by atoms with E-state index in [9.17, 15) is 0 Å². The van der Waals surface area contributed by atoms with Crippen molar-refractivity contribution >= 4 is 0 Å². The minimum absolute atomic E-state index is 0.270. The zero-order valence-corrected chi connectivity index (χ0v) is 9.03. The molecule has 0 bridgehead atoms. The summed E-state index contributed by atoms with van der Waals surface area (Å²) in [6.45, 7) is 0.929. The first-order chi connectivity index (χ1) is 7.37. The summed E-state index contributed by atoms with van der Waals surface area (Å²) in [6, 6.07) is 8.38. The van der Waals surface area contributed by atoms with Gasteiger partial charge in [-0.2, -0.15) is 0 Å². The molecule has 0 radical (unpaired) electrons. The lowest BCUT2D eigenvalue weighted by Gasteiger charge is -2.42. The van der Waals surface area contributed by atoms with Crippen LogP contribution in [0.1, 0.15) is 24.8 Å². The van der Waals surface area contributed by atoms with E-state index in [1.807, 2.05) is 6.07 Å². The topological polar surface area (TPSA) is 21.8 Å². The zero-order chi connectivity index (χ0) is 10.3. The maximum Gasteiger partial charge on any atom is 0.122 e. The Labute approximate surface area is 90.2 Å². The molecule has 2 heteroatoms. The first-order valence-electron chi connectivity index (χ1n) is 5.62. The molecule has 15 heavy (non-hydrogen) atoms. The minimum Gasteiger partial charge on any atom is -0.496 e. The summed E-state index contributed by atoms with van der Waals surface area (Å²) in [5.74, 6) is 1.02. The summed E-state index contributed by atoms with van der Waals surface area (Å²) in [5, 5.41) is 0. The second-order valence-corrected chi connectivity index (χ2v) is 4.53. The van der Waals surface area contributed by atoms with Gasteiger partial charge in [-0.15, -0.1) is 0 Å². The average Bonchev–Trinajstić information content (AvgIpc) is 3.02. The molecule has 3 rings (SSSR count). The molecule has 2 aliphatic rings. The van der Waals surface area contributed by atoms with Gasteiger partial charge in [-0.05, 0) is 18.9 Å². The van der Waals surface area contributed by atoms with E-state index in [-0.39, 0.29) is 5.41 Å². The van der Waals surface area contributed by atoms with Crippen LogP contribution in [0.2, 0.25) is 0 Å². The number of hydrogen-bond donors (Lipinski definition) is 0. The van der Waals surface area contributed by atoms with Crippen LogP contribution in [0, 0.1) is 0 Å². The smallest absolute Gasteiger partial charge is 0.122 e. The van der Waals surface area contributed by atoms with E-state index in [0.29, 0.717) is 6.10 Å². The second-order valence-electron chi connectivity index (χ2n) is 4.53. The highest BCUT2D eigenvalue weighted by atomic mass is 16.6. The Bertz CT molecular complexity index is 365. The van der Waals surface area contributed by atoms with E-state index < -0.39 is 0 Å². The van der Waals surface area contributed by atoms with Crippen LogP contribution in [0.15, 0.2) is 24.3 Å². The van der Waals surface area contributed by atoms with E-state index in [2.05, 4.69) is 18.2 Å². The highest BCUT2D eigenvalue weighted by Crippen LogP contribution is 2.53. The Balaban J connectivity index is 2.02. The van der Waals surface area contributed by atoms with Crippen LogP contribution in [0.3, 0.4) is 0 Å². The number of methoxy groups -OCH3 is 1. The van der Waals surface area contributed by atoms with E-state index >= 15 is 0 Å². The molecule has 0 N–H and O–H groups in total. The number of hydrogen-bond acceptors (Lipinski definition) is 2. The van der Waals surface area contributed by atoms with Crippen molar-refractivity contribution in [2.75, 3.05) is 13.7 Å². The van der Waals surface area contributed by atoms with Crippen LogP contribution in [0.5, 0.6) is 5.75 Å². The van der Waals surface area contributed by atoms with Crippen LogP contribution in [0.25, 0.3) is 0 Å². The lowest BCUT2D eigenvalue weighted by atomic mass is 9.62. The fourth-order valence-corrected chi connectivity index (χ4v) is 2.75. The third-order valence-corrected chi connectivity index (χ3v) is 3.84. The van der Waals surface area contributed by atoms with E-state index in [1.54, 1.807) is 7.11 Å². The SMILES string of the molecule is COc1ccccc1C1([C@@H]2CO2)CCC1. The van der Waals surface area contributed by atoms with Crippen molar-refractivity contribution in [2.24, 2.45) is 0 Å². The van der Waals surface area contributed by atoms with Gasteiger partial charge < -0.3 is 9.47 Å². The van der Waals surface area contributed by atoms with Crippen molar-refractivity contribution in [1.29, 1.82) is 0 Å². The molecule has 1 saturated heterocycles. The predicted molar refractivity (Wildman–Crippen MR) is 58.3 cm³/mol. The number of benzene rings is 1. The van der Waals surface area contributed by atoms with Crippen LogP contribution in [-0.4, -0.2) is 19.8 Å². The van der Waals surface area contributed by atoms with Gasteiger partial charge in [0.05, 0.1) is 19.8 Å². The summed E-state index contributed by atoms with van der Waals surface area (Å²) in [6.07, 6.45) is 4.26. The van der Waals surface area contributed by atoms with Crippen molar-refractivity contribution in [1.82, 2.24) is 0 Å². The molecule has 1 aromatic rings. The van der Waals surface area contributed by atoms with Gasteiger partial charge in [0, 0.05) is 11.0 Å². The Morgan fingerprint density at radius 1 is 1.33 bits per heavy atom. The number of rotatable bonds is 3. The lowest BCUT2D eigenvalue weighted by Crippen LogP contribution is -2.40. The fraction of sp³-hybridized carbons (Fsp3) is 0.538. The highest BCUT2D eigenvalue weighted by molar-refractivity contribution is 5.43. The zero-order valence-electron chi connectivity index (χ0n) is 9.03. The Morgan fingerprint density at radius 2 is 2.07 bits per heavy atom. The van der Waals surface area contributed by atoms with Crippen LogP contribution >= 0.6 is 0 Å². The molecule has 1 aliphatic carbocycles. The van der Waals surface area contributed by atoms with Gasteiger partial charge in [0.2, 0.25) is 0 Å². The minimum atomic E-state index is 0.270. The van der Waals surface area contributed by atoms with Gasteiger partial charge in [0.25, 0.3) is 0 Å². The molecule has 0 unspecified atom stereocenters. The molecule has 1 aliphatic heterocycles. The van der Waals surface area contributed by atoms with Crippen LogP contribution in [0.4, 0.5) is 0 Å². The van der Waals surface area contributed by atoms with E-state index in [4.69, 9.17) is 9.47 Å². The van der Waals surface area contributed by atoms with Gasteiger partial charge in [-0.1, -0.05) is 24.6 Å². The molecule has 1 saturated carbocycles. The fourth-order valence-electron chi connectivity index (χ4n) is 2.75. The molecular weight excluding hydrogens is 188 g/mol. The van der Waals surface area contributed by atoms with Crippen molar-refractivity contribution in [3.8, 4) is 5.75 Å². The first-order valence-corrected chi connectivity index (χ1v) is 5.62. The summed E-state index contributed by atoms with van der Waals surface area (Å²) in [5.41, 5.74) is 1.62. The van der Waals surface area contributed by atoms with Gasteiger partial charge >= 0.3 is 0 Å². The molecule has 80 valence electrons. The van der Waals surface area contributed by atoms with Gasteiger partial charge in [0.15, 0.2) is 0 Å². The molecule has 0 amide bonds. The van der Waals surface area contributed by atoms with Crippen LogP contribution in [-0.2, 0) is 10.2 Å². The quantitative estimate of drug-likeness (QED) is 0.706. The molecular formula is C13H16O2. The highest BCUT2D eigenvalue weighted by Gasteiger charge is 2.52. The normalized spacial score (nSPS) is 26.9.